The fourth-order valence-electron chi connectivity index (χ4n) is 5.51. The molecule has 202 valence electrons. The first kappa shape index (κ1) is 27.4. The molecular weight excluding hydrogens is 482 g/mol. The molecule has 2 aromatic rings. The predicted molar refractivity (Wildman–Crippen MR) is 146 cm³/mol. The van der Waals surface area contributed by atoms with Crippen LogP contribution in [0.1, 0.15) is 68.9 Å². The average Bonchev–Trinajstić information content (AvgIpc) is 2.94. The maximum atomic E-state index is 13.9. The summed E-state index contributed by atoms with van der Waals surface area (Å²) in [6, 6.07) is 13.3. The smallest absolute Gasteiger partial charge is 0.315 e. The number of hydrogen-bond acceptors (Lipinski definition) is 7. The lowest BCUT2D eigenvalue weighted by Gasteiger charge is -2.37. The summed E-state index contributed by atoms with van der Waals surface area (Å²) < 4.78 is 22.2. The number of benzene rings is 2. The molecule has 0 saturated heterocycles. The van der Waals surface area contributed by atoms with Crippen molar-refractivity contribution in [2.45, 2.75) is 57.8 Å². The number of ketones is 1. The molecule has 38 heavy (non-hydrogen) atoms. The van der Waals surface area contributed by atoms with E-state index < -0.39 is 11.8 Å². The van der Waals surface area contributed by atoms with Gasteiger partial charge in [0.1, 0.15) is 23.2 Å². The van der Waals surface area contributed by atoms with Crippen molar-refractivity contribution in [3.8, 4) is 17.2 Å². The lowest BCUT2D eigenvalue weighted by atomic mass is 9.69. The highest BCUT2D eigenvalue weighted by Crippen LogP contribution is 2.49. The second-order valence-corrected chi connectivity index (χ2v) is 9.85. The lowest BCUT2D eigenvalue weighted by molar-refractivity contribution is -0.146. The Morgan fingerprint density at radius 3 is 2.32 bits per heavy atom. The molecule has 1 unspecified atom stereocenters. The third kappa shape index (κ3) is 5.62. The van der Waals surface area contributed by atoms with E-state index in [0.29, 0.717) is 42.2 Å². The van der Waals surface area contributed by atoms with Gasteiger partial charge in [-0.1, -0.05) is 31.9 Å². The van der Waals surface area contributed by atoms with Crippen LogP contribution in [-0.4, -0.2) is 45.4 Å². The van der Waals surface area contributed by atoms with Crippen LogP contribution in [0.4, 0.5) is 0 Å². The molecule has 1 aliphatic heterocycles. The van der Waals surface area contributed by atoms with Crippen LogP contribution < -0.4 is 14.2 Å². The summed E-state index contributed by atoms with van der Waals surface area (Å²) in [5.74, 6) is 0.301. The number of carbonyl (C=O) groups excluding carboxylic acids is 2. The molecule has 0 fully saturated rings. The van der Waals surface area contributed by atoms with Crippen molar-refractivity contribution in [3.05, 3.63) is 64.9 Å². The van der Waals surface area contributed by atoms with Gasteiger partial charge in [0.05, 0.1) is 27.9 Å². The molecule has 7 nitrogen and oxygen atoms in total. The van der Waals surface area contributed by atoms with E-state index in [1.54, 1.807) is 21.3 Å². The average molecular weight is 520 g/mol. The molecule has 0 N–H and O–H groups in total. The van der Waals surface area contributed by atoms with Gasteiger partial charge in [0, 0.05) is 34.9 Å². The van der Waals surface area contributed by atoms with Crippen LogP contribution in [0.25, 0.3) is 0 Å². The molecule has 0 saturated carbocycles. The number of carbonyl (C=O) groups is 2. The van der Waals surface area contributed by atoms with E-state index in [0.717, 1.165) is 41.8 Å². The Labute approximate surface area is 224 Å². The molecule has 1 heterocycles. The fraction of sp³-hybridized carbons (Fsp3) is 0.452. The summed E-state index contributed by atoms with van der Waals surface area (Å²) in [7, 11) is 4.81. The third-order valence-corrected chi connectivity index (χ3v) is 7.49. The Morgan fingerprint density at radius 1 is 0.947 bits per heavy atom. The Bertz CT molecular complexity index is 1230. The summed E-state index contributed by atoms with van der Waals surface area (Å²) in [5, 5.41) is 0. The Kier molecular flexibility index (Phi) is 8.87. The van der Waals surface area contributed by atoms with Crippen LogP contribution in [-0.2, 0) is 14.3 Å². The van der Waals surface area contributed by atoms with Gasteiger partial charge in [-0.15, -0.1) is 0 Å². The number of ether oxygens (including phenoxy) is 4. The van der Waals surface area contributed by atoms with Crippen molar-refractivity contribution in [3.63, 3.8) is 0 Å². The first-order valence-electron chi connectivity index (χ1n) is 13.3. The van der Waals surface area contributed by atoms with E-state index in [9.17, 15) is 9.59 Å². The summed E-state index contributed by atoms with van der Waals surface area (Å²) in [5.41, 5.74) is 3.72. The molecule has 1 aliphatic carbocycles. The van der Waals surface area contributed by atoms with Gasteiger partial charge >= 0.3 is 5.97 Å². The van der Waals surface area contributed by atoms with Gasteiger partial charge < -0.3 is 18.9 Å². The summed E-state index contributed by atoms with van der Waals surface area (Å²) in [4.78, 5) is 32.2. The highest BCUT2D eigenvalue weighted by Gasteiger charge is 2.46. The topological polar surface area (TPSA) is 83.4 Å². The Balaban J connectivity index is 1.77. The minimum atomic E-state index is -0.724. The van der Waals surface area contributed by atoms with Crippen LogP contribution in [0.3, 0.4) is 0 Å². The number of nitrogens with zero attached hydrogens (tertiary/aromatic N) is 1. The Hall–Kier alpha value is -3.61. The van der Waals surface area contributed by atoms with E-state index in [4.69, 9.17) is 23.9 Å². The van der Waals surface area contributed by atoms with Crippen molar-refractivity contribution in [1.29, 1.82) is 0 Å². The zero-order chi connectivity index (χ0) is 27.2. The number of methoxy groups -OCH3 is 3. The predicted octanol–water partition coefficient (Wildman–Crippen LogP) is 6.02. The zero-order valence-corrected chi connectivity index (χ0v) is 22.9. The first-order valence-corrected chi connectivity index (χ1v) is 13.3. The van der Waals surface area contributed by atoms with E-state index in [2.05, 4.69) is 6.92 Å². The second kappa shape index (κ2) is 12.3. The number of rotatable bonds is 10. The highest BCUT2D eigenvalue weighted by atomic mass is 16.5. The normalized spacial score (nSPS) is 20.9. The van der Waals surface area contributed by atoms with Crippen LogP contribution in [0.15, 0.2) is 58.7 Å². The standard InChI is InChI=1S/C31H37NO6/c1-6-7-8-15-38-31(34)28-19(2)32-25-16-21(20-9-11-22(35-3)12-10-20)17-26(33)30(25)29(28)24-18-23(36-4)13-14-27(24)37-5/h9-14,18,21,28-29H,6-8,15-17H2,1-5H3/t21-,28?,29-/m0/s1. The number of esters is 1. The van der Waals surface area contributed by atoms with E-state index in [-0.39, 0.29) is 17.7 Å². The molecule has 0 amide bonds. The maximum absolute atomic E-state index is 13.9. The van der Waals surface area contributed by atoms with Gasteiger partial charge in [-0.05, 0) is 61.6 Å². The monoisotopic (exact) mass is 519 g/mol. The quantitative estimate of drug-likeness (QED) is 0.282. The summed E-state index contributed by atoms with van der Waals surface area (Å²) >= 11 is 0. The Morgan fingerprint density at radius 2 is 1.66 bits per heavy atom. The molecule has 7 heteroatoms. The molecule has 2 aliphatic rings. The van der Waals surface area contributed by atoms with Gasteiger partial charge in [-0.25, -0.2) is 0 Å². The minimum absolute atomic E-state index is 0.00546. The van der Waals surface area contributed by atoms with Crippen molar-refractivity contribution in [1.82, 2.24) is 0 Å². The van der Waals surface area contributed by atoms with Gasteiger partial charge in [-0.3, -0.25) is 14.6 Å². The lowest BCUT2D eigenvalue weighted by Crippen LogP contribution is -2.38. The van der Waals surface area contributed by atoms with E-state index >= 15 is 0 Å². The van der Waals surface area contributed by atoms with Gasteiger partial charge in [0.15, 0.2) is 5.78 Å². The summed E-state index contributed by atoms with van der Waals surface area (Å²) in [6.07, 6.45) is 3.76. The highest BCUT2D eigenvalue weighted by molar-refractivity contribution is 6.09. The van der Waals surface area contributed by atoms with E-state index in [1.165, 1.54) is 0 Å². The van der Waals surface area contributed by atoms with Crippen LogP contribution >= 0.6 is 0 Å². The number of aliphatic imine (C=N–C) groups is 1. The molecule has 0 bridgehead atoms. The van der Waals surface area contributed by atoms with Crippen molar-refractivity contribution >= 4 is 17.5 Å². The van der Waals surface area contributed by atoms with Gasteiger partial charge in [-0.2, -0.15) is 0 Å². The third-order valence-electron chi connectivity index (χ3n) is 7.49. The van der Waals surface area contributed by atoms with Crippen molar-refractivity contribution < 1.29 is 28.5 Å². The molecule has 0 aromatic heterocycles. The van der Waals surface area contributed by atoms with E-state index in [1.807, 2.05) is 49.4 Å². The second-order valence-electron chi connectivity index (χ2n) is 9.85. The summed E-state index contributed by atoms with van der Waals surface area (Å²) in [6.45, 7) is 4.30. The van der Waals surface area contributed by atoms with Gasteiger partial charge in [0.25, 0.3) is 0 Å². The van der Waals surface area contributed by atoms with Crippen LogP contribution in [0.2, 0.25) is 0 Å². The fourth-order valence-corrected chi connectivity index (χ4v) is 5.51. The SMILES string of the molecule is CCCCCOC(=O)C1C(C)=NC2=C(C(=O)C[C@@H](c3ccc(OC)cc3)C2)[C@H]1c1cc(OC)ccc1OC. The number of allylic oxidation sites excluding steroid dienone is 2. The maximum Gasteiger partial charge on any atom is 0.315 e. The van der Waals surface area contributed by atoms with Gasteiger partial charge in [0.2, 0.25) is 0 Å². The van der Waals surface area contributed by atoms with Crippen molar-refractivity contribution in [2.24, 2.45) is 10.9 Å². The molecular formula is C31H37NO6. The number of unbranched alkanes of at least 4 members (excludes halogenated alkanes) is 2. The molecule has 0 radical (unpaired) electrons. The molecule has 3 atom stereocenters. The van der Waals surface area contributed by atoms with Crippen LogP contribution in [0.5, 0.6) is 17.2 Å². The first-order chi connectivity index (χ1) is 18.4. The zero-order valence-electron chi connectivity index (χ0n) is 22.9. The molecule has 0 spiro atoms. The van der Waals surface area contributed by atoms with Crippen molar-refractivity contribution in [2.75, 3.05) is 27.9 Å². The molecule has 2 aromatic carbocycles. The largest absolute Gasteiger partial charge is 0.497 e. The number of hydrogen-bond donors (Lipinski definition) is 0. The number of Topliss-reactive ketones (excluding diaryl/α,β-unsaturated/α-hetero) is 1. The van der Waals surface area contributed by atoms with Crippen LogP contribution in [0, 0.1) is 5.92 Å². The minimum Gasteiger partial charge on any atom is -0.497 e. The molecule has 4 rings (SSSR count).